The van der Waals surface area contributed by atoms with Crippen molar-refractivity contribution in [1.29, 1.82) is 0 Å². The van der Waals surface area contributed by atoms with E-state index in [1.807, 2.05) is 20.8 Å². The summed E-state index contributed by atoms with van der Waals surface area (Å²) in [5.74, 6) is -1.31. The second-order valence-electron chi connectivity index (χ2n) is 6.59. The molecule has 0 bridgehead atoms. The molecule has 1 amide bonds. The molecule has 0 spiro atoms. The molecule has 6 heteroatoms. The van der Waals surface area contributed by atoms with Gasteiger partial charge in [-0.15, -0.1) is 0 Å². The van der Waals surface area contributed by atoms with Gasteiger partial charge in [0.25, 0.3) is 0 Å². The van der Waals surface area contributed by atoms with Crippen LogP contribution in [0.5, 0.6) is 0 Å². The fourth-order valence-electron chi connectivity index (χ4n) is 2.94. The molecule has 2 fully saturated rings. The molecule has 3 unspecified atom stereocenters. The Bertz CT molecular complexity index is 390. The maximum absolute atomic E-state index is 12.3. The highest BCUT2D eigenvalue weighted by molar-refractivity contribution is 5.73. The number of carbonyl (C=O) groups excluding carboxylic acids is 1. The van der Waals surface area contributed by atoms with Gasteiger partial charge in [-0.05, 0) is 33.6 Å². The topological polar surface area (TPSA) is 76.1 Å². The highest BCUT2D eigenvalue weighted by atomic mass is 16.6. The Hall–Kier alpha value is -1.30. The van der Waals surface area contributed by atoms with Crippen LogP contribution in [0.1, 0.15) is 33.6 Å². The average Bonchev–Trinajstić information content (AvgIpc) is 2.35. The average molecular weight is 285 g/mol. The molecule has 0 aliphatic carbocycles. The number of hydrogen-bond donors (Lipinski definition) is 1. The fourth-order valence-corrected chi connectivity index (χ4v) is 2.94. The van der Waals surface area contributed by atoms with Crippen molar-refractivity contribution in [2.75, 3.05) is 19.8 Å². The van der Waals surface area contributed by atoms with Gasteiger partial charge in [-0.25, -0.2) is 4.79 Å². The van der Waals surface area contributed by atoms with Crippen LogP contribution < -0.4 is 0 Å². The van der Waals surface area contributed by atoms with E-state index in [-0.39, 0.29) is 18.5 Å². The molecule has 20 heavy (non-hydrogen) atoms. The van der Waals surface area contributed by atoms with Crippen LogP contribution in [0.2, 0.25) is 0 Å². The minimum atomic E-state index is -0.859. The molecule has 0 aromatic heterocycles. The number of hydrogen-bond acceptors (Lipinski definition) is 4. The van der Waals surface area contributed by atoms with Crippen molar-refractivity contribution in [3.63, 3.8) is 0 Å². The van der Waals surface area contributed by atoms with Gasteiger partial charge < -0.3 is 19.5 Å². The van der Waals surface area contributed by atoms with Crippen LogP contribution in [-0.2, 0) is 14.3 Å². The minimum Gasteiger partial charge on any atom is -0.481 e. The van der Waals surface area contributed by atoms with E-state index in [2.05, 4.69) is 0 Å². The van der Waals surface area contributed by atoms with Crippen LogP contribution in [-0.4, -0.2) is 53.5 Å². The summed E-state index contributed by atoms with van der Waals surface area (Å²) in [6.07, 6.45) is 0.899. The second-order valence-corrected chi connectivity index (χ2v) is 6.59. The van der Waals surface area contributed by atoms with Gasteiger partial charge >= 0.3 is 12.1 Å². The van der Waals surface area contributed by atoms with Gasteiger partial charge in [-0.3, -0.25) is 4.79 Å². The molecule has 3 atom stereocenters. The number of aliphatic carboxylic acids is 1. The van der Waals surface area contributed by atoms with E-state index in [0.29, 0.717) is 19.6 Å². The Kier molecular flexibility index (Phi) is 4.22. The lowest BCUT2D eigenvalue weighted by atomic mass is 9.81. The maximum Gasteiger partial charge on any atom is 0.410 e. The first-order valence-electron chi connectivity index (χ1n) is 7.08. The van der Waals surface area contributed by atoms with Crippen LogP contribution in [0.3, 0.4) is 0 Å². The number of rotatable bonds is 1. The molecular weight excluding hydrogens is 262 g/mol. The number of amides is 1. The molecule has 2 heterocycles. The van der Waals surface area contributed by atoms with Crippen molar-refractivity contribution < 1.29 is 24.2 Å². The number of carboxylic acids is 1. The van der Waals surface area contributed by atoms with Gasteiger partial charge in [0, 0.05) is 25.1 Å². The number of carbonyl (C=O) groups is 2. The van der Waals surface area contributed by atoms with E-state index < -0.39 is 23.6 Å². The van der Waals surface area contributed by atoms with Gasteiger partial charge in [0.15, 0.2) is 0 Å². The first-order valence-corrected chi connectivity index (χ1v) is 7.08. The Morgan fingerprint density at radius 1 is 1.35 bits per heavy atom. The van der Waals surface area contributed by atoms with Gasteiger partial charge in [0.2, 0.25) is 0 Å². The van der Waals surface area contributed by atoms with E-state index in [0.717, 1.165) is 6.42 Å². The molecule has 6 nitrogen and oxygen atoms in total. The summed E-state index contributed by atoms with van der Waals surface area (Å²) < 4.78 is 10.8. The number of likely N-dealkylation sites (tertiary alicyclic amines) is 1. The van der Waals surface area contributed by atoms with E-state index in [4.69, 9.17) is 9.47 Å². The lowest BCUT2D eigenvalue weighted by Gasteiger charge is -2.45. The van der Waals surface area contributed by atoms with Crippen LogP contribution in [0.4, 0.5) is 4.79 Å². The SMILES string of the molecule is CC(C)(C)OC(=O)N1CC(C(=O)O)CC2COCCC21. The standard InChI is InChI=1S/C14H23NO5/c1-14(2,3)20-13(18)15-7-9(12(16)17)6-10-8-19-5-4-11(10)15/h9-11H,4-8H2,1-3H3,(H,16,17). The zero-order valence-corrected chi connectivity index (χ0v) is 12.3. The molecular formula is C14H23NO5. The normalized spacial score (nSPS) is 30.6. The van der Waals surface area contributed by atoms with E-state index >= 15 is 0 Å². The first-order chi connectivity index (χ1) is 9.28. The lowest BCUT2D eigenvalue weighted by molar-refractivity contribution is -0.147. The van der Waals surface area contributed by atoms with Crippen LogP contribution in [0.25, 0.3) is 0 Å². The molecule has 0 aromatic rings. The van der Waals surface area contributed by atoms with Crippen molar-refractivity contribution in [3.05, 3.63) is 0 Å². The highest BCUT2D eigenvalue weighted by Gasteiger charge is 2.43. The van der Waals surface area contributed by atoms with Crippen LogP contribution in [0.15, 0.2) is 0 Å². The molecule has 0 aromatic carbocycles. The molecule has 2 aliphatic heterocycles. The van der Waals surface area contributed by atoms with Crippen LogP contribution >= 0.6 is 0 Å². The lowest BCUT2D eigenvalue weighted by Crippen LogP contribution is -2.56. The largest absolute Gasteiger partial charge is 0.481 e. The zero-order valence-electron chi connectivity index (χ0n) is 12.3. The van der Waals surface area contributed by atoms with Crippen molar-refractivity contribution in [2.45, 2.75) is 45.3 Å². The molecule has 0 saturated carbocycles. The van der Waals surface area contributed by atoms with Crippen molar-refractivity contribution in [2.24, 2.45) is 11.8 Å². The third kappa shape index (κ3) is 3.42. The van der Waals surface area contributed by atoms with E-state index in [9.17, 15) is 14.7 Å². The Balaban J connectivity index is 2.14. The summed E-state index contributed by atoms with van der Waals surface area (Å²) >= 11 is 0. The summed E-state index contributed by atoms with van der Waals surface area (Å²) in [6, 6.07) is 0.0363. The second kappa shape index (κ2) is 5.60. The number of fused-ring (bicyclic) bond motifs is 1. The number of nitrogens with zero attached hydrogens (tertiary/aromatic N) is 1. The number of piperidine rings is 1. The molecule has 1 N–H and O–H groups in total. The van der Waals surface area contributed by atoms with Gasteiger partial charge in [0.1, 0.15) is 5.60 Å². The predicted octanol–water partition coefficient (Wildman–Crippen LogP) is 1.73. The van der Waals surface area contributed by atoms with Crippen molar-refractivity contribution in [1.82, 2.24) is 4.90 Å². The molecule has 0 radical (unpaired) electrons. The smallest absolute Gasteiger partial charge is 0.410 e. The first kappa shape index (κ1) is 15.1. The summed E-state index contributed by atoms with van der Waals surface area (Å²) in [4.78, 5) is 25.2. The molecule has 114 valence electrons. The Labute approximate surface area is 119 Å². The minimum absolute atomic E-state index is 0.0363. The van der Waals surface area contributed by atoms with Gasteiger partial charge in [-0.2, -0.15) is 0 Å². The molecule has 2 saturated heterocycles. The summed E-state index contributed by atoms with van der Waals surface area (Å²) in [6.45, 7) is 6.79. The highest BCUT2D eigenvalue weighted by Crippen LogP contribution is 2.33. The molecule has 2 rings (SSSR count). The summed E-state index contributed by atoms with van der Waals surface area (Å²) in [5, 5.41) is 9.24. The van der Waals surface area contributed by atoms with Crippen molar-refractivity contribution >= 4 is 12.1 Å². The predicted molar refractivity (Wildman–Crippen MR) is 71.4 cm³/mol. The third-order valence-electron chi connectivity index (χ3n) is 3.82. The van der Waals surface area contributed by atoms with Crippen molar-refractivity contribution in [3.8, 4) is 0 Å². The molecule has 2 aliphatic rings. The van der Waals surface area contributed by atoms with Crippen LogP contribution in [0, 0.1) is 11.8 Å². The van der Waals surface area contributed by atoms with Gasteiger partial charge in [0.05, 0.1) is 12.5 Å². The fraction of sp³-hybridized carbons (Fsp3) is 0.857. The quantitative estimate of drug-likeness (QED) is 0.794. The number of carboxylic acid groups (broad SMARTS) is 1. The third-order valence-corrected chi connectivity index (χ3v) is 3.82. The Morgan fingerprint density at radius 3 is 2.65 bits per heavy atom. The summed E-state index contributed by atoms with van der Waals surface area (Å²) in [7, 11) is 0. The van der Waals surface area contributed by atoms with Gasteiger partial charge in [-0.1, -0.05) is 0 Å². The summed E-state index contributed by atoms with van der Waals surface area (Å²) in [5.41, 5.74) is -0.575. The number of ether oxygens (including phenoxy) is 2. The zero-order chi connectivity index (χ0) is 14.9. The Morgan fingerprint density at radius 2 is 2.05 bits per heavy atom. The van der Waals surface area contributed by atoms with E-state index in [1.54, 1.807) is 4.90 Å². The monoisotopic (exact) mass is 285 g/mol. The maximum atomic E-state index is 12.3. The van der Waals surface area contributed by atoms with E-state index in [1.165, 1.54) is 0 Å².